The minimum absolute atomic E-state index is 0.00981. The molecule has 21 heavy (non-hydrogen) atoms. The summed E-state index contributed by atoms with van der Waals surface area (Å²) >= 11 is 16.6. The highest BCUT2D eigenvalue weighted by atomic mass is 35.6. The summed E-state index contributed by atoms with van der Waals surface area (Å²) in [6, 6.07) is 11.6. The van der Waals surface area contributed by atoms with E-state index in [4.69, 9.17) is 34.8 Å². The van der Waals surface area contributed by atoms with Gasteiger partial charge in [-0.2, -0.15) is 0 Å². The average Bonchev–Trinajstić information content (AvgIpc) is 2.38. The summed E-state index contributed by atoms with van der Waals surface area (Å²) in [5, 5.41) is 0. The minimum atomic E-state index is -2.66. The van der Waals surface area contributed by atoms with E-state index in [1.165, 1.54) is 22.4 Å². The predicted octanol–water partition coefficient (Wildman–Crippen LogP) is 5.27. The predicted molar refractivity (Wildman–Crippen MR) is 83.0 cm³/mol. The van der Waals surface area contributed by atoms with Crippen LogP contribution in [0.2, 0.25) is 0 Å². The van der Waals surface area contributed by atoms with E-state index in [0.29, 0.717) is 0 Å². The zero-order valence-electron chi connectivity index (χ0n) is 11.5. The molecule has 0 saturated carbocycles. The number of aryl methyl sites for hydroxylation is 2. The molecule has 0 fully saturated rings. The fourth-order valence-electron chi connectivity index (χ4n) is 1.59. The smallest absolute Gasteiger partial charge is 0.207 e. The molecule has 0 bridgehead atoms. The van der Waals surface area contributed by atoms with Crippen LogP contribution in [0, 0.1) is 6.92 Å². The fraction of sp³-hybridized carbons (Fsp3) is 0.267. The molecule has 1 nitrogen and oxygen atoms in total. The van der Waals surface area contributed by atoms with Crippen LogP contribution in [-0.4, -0.2) is 0 Å². The molecule has 0 radical (unpaired) electrons. The molecule has 0 aliphatic carbocycles. The first kappa shape index (κ1) is 18.1. The number of halogens is 5. The van der Waals surface area contributed by atoms with Crippen molar-refractivity contribution in [2.75, 3.05) is 0 Å². The number of hydrogen-bond donors (Lipinski definition) is 0. The number of alkyl halides is 5. The maximum Gasteiger partial charge on any atom is 0.269 e. The Labute approximate surface area is 138 Å². The van der Waals surface area contributed by atoms with Crippen LogP contribution in [0.25, 0.3) is 0 Å². The number of hydrogen-bond acceptors (Lipinski definition) is 0. The standard InChI is InChI=1S/C8H7Cl3F2N.C7H8/c1-14-3-2-6(8(9,10)11)5(4-14)7(12)13;1-7-5-3-2-4-6-7/h2-4,7H,1H3;2-6H,1H3/q+1;. The van der Waals surface area contributed by atoms with Crippen molar-refractivity contribution < 1.29 is 13.3 Å². The molecule has 1 aromatic heterocycles. The van der Waals surface area contributed by atoms with E-state index in [0.717, 1.165) is 0 Å². The molecule has 0 N–H and O–H groups in total. The lowest BCUT2D eigenvalue weighted by Gasteiger charge is -2.13. The summed E-state index contributed by atoms with van der Waals surface area (Å²) < 4.78 is 24.8. The zero-order valence-corrected chi connectivity index (χ0v) is 13.8. The number of rotatable bonds is 1. The van der Waals surface area contributed by atoms with Crippen LogP contribution in [0.1, 0.15) is 23.1 Å². The molecular formula is C15H15Cl3F2N+. The molecule has 0 amide bonds. The van der Waals surface area contributed by atoms with Gasteiger partial charge in [0.15, 0.2) is 12.4 Å². The van der Waals surface area contributed by atoms with Gasteiger partial charge in [-0.15, -0.1) is 0 Å². The van der Waals surface area contributed by atoms with Crippen molar-refractivity contribution in [3.05, 3.63) is 65.5 Å². The van der Waals surface area contributed by atoms with Gasteiger partial charge in [-0.3, -0.25) is 0 Å². The van der Waals surface area contributed by atoms with Gasteiger partial charge in [0.25, 0.3) is 6.43 Å². The van der Waals surface area contributed by atoms with Crippen LogP contribution in [0.4, 0.5) is 8.78 Å². The van der Waals surface area contributed by atoms with Crippen LogP contribution in [-0.2, 0) is 10.8 Å². The molecular weight excluding hydrogens is 339 g/mol. The van der Waals surface area contributed by atoms with Crippen molar-refractivity contribution >= 4 is 34.8 Å². The lowest BCUT2D eigenvalue weighted by Crippen LogP contribution is -2.29. The maximum atomic E-state index is 12.5. The summed E-state index contributed by atoms with van der Waals surface area (Å²) in [7, 11) is 1.62. The van der Waals surface area contributed by atoms with Gasteiger partial charge >= 0.3 is 0 Å². The van der Waals surface area contributed by atoms with Crippen molar-refractivity contribution in [1.82, 2.24) is 0 Å². The van der Waals surface area contributed by atoms with E-state index >= 15 is 0 Å². The molecule has 2 rings (SSSR count). The van der Waals surface area contributed by atoms with Gasteiger partial charge in [-0.05, 0) is 6.92 Å². The van der Waals surface area contributed by atoms with Gasteiger partial charge in [0, 0.05) is 11.6 Å². The Morgan fingerprint density at radius 2 is 1.62 bits per heavy atom. The summed E-state index contributed by atoms with van der Waals surface area (Å²) in [6.45, 7) is 2.08. The normalized spacial score (nSPS) is 11.0. The summed E-state index contributed by atoms with van der Waals surface area (Å²) in [6.07, 6.45) is 0.123. The molecule has 2 aromatic rings. The minimum Gasteiger partial charge on any atom is -0.207 e. The monoisotopic (exact) mass is 352 g/mol. The lowest BCUT2D eigenvalue weighted by molar-refractivity contribution is -0.672. The Balaban J connectivity index is 0.000000262. The van der Waals surface area contributed by atoms with Crippen molar-refractivity contribution in [2.24, 2.45) is 7.05 Å². The summed E-state index contributed by atoms with van der Waals surface area (Å²) in [4.78, 5) is 0. The average molecular weight is 354 g/mol. The third-order valence-electron chi connectivity index (χ3n) is 2.61. The molecule has 0 unspecified atom stereocenters. The lowest BCUT2D eigenvalue weighted by atomic mass is 10.1. The maximum absolute atomic E-state index is 12.5. The van der Waals surface area contributed by atoms with Crippen molar-refractivity contribution in [2.45, 2.75) is 17.1 Å². The Hall–Kier alpha value is -0.900. The number of aromatic nitrogens is 1. The fourth-order valence-corrected chi connectivity index (χ4v) is 2.10. The van der Waals surface area contributed by atoms with E-state index in [1.54, 1.807) is 13.2 Å². The van der Waals surface area contributed by atoms with Crippen LogP contribution < -0.4 is 4.57 Å². The molecule has 0 spiro atoms. The number of benzene rings is 1. The van der Waals surface area contributed by atoms with E-state index in [9.17, 15) is 8.78 Å². The Kier molecular flexibility index (Phi) is 6.85. The Morgan fingerprint density at radius 3 is 2.00 bits per heavy atom. The third kappa shape index (κ3) is 6.16. The molecule has 114 valence electrons. The molecule has 1 aromatic carbocycles. The van der Waals surface area contributed by atoms with Crippen molar-refractivity contribution in [3.63, 3.8) is 0 Å². The van der Waals surface area contributed by atoms with E-state index in [1.807, 2.05) is 18.2 Å². The molecule has 0 aliphatic heterocycles. The van der Waals surface area contributed by atoms with E-state index < -0.39 is 10.2 Å². The second-order valence-electron chi connectivity index (χ2n) is 4.43. The Morgan fingerprint density at radius 1 is 1.05 bits per heavy atom. The second kappa shape index (κ2) is 7.92. The van der Waals surface area contributed by atoms with Gasteiger partial charge in [-0.1, -0.05) is 70.7 Å². The molecule has 6 heteroatoms. The van der Waals surface area contributed by atoms with Crippen LogP contribution in [0.3, 0.4) is 0 Å². The van der Waals surface area contributed by atoms with Gasteiger partial charge < -0.3 is 0 Å². The number of pyridine rings is 1. The quantitative estimate of drug-likeness (QED) is 0.486. The first-order valence-corrected chi connectivity index (χ1v) is 7.21. The van der Waals surface area contributed by atoms with Crippen molar-refractivity contribution in [3.8, 4) is 0 Å². The third-order valence-corrected chi connectivity index (χ3v) is 3.22. The van der Waals surface area contributed by atoms with Gasteiger partial charge in [-0.25, -0.2) is 13.3 Å². The van der Waals surface area contributed by atoms with Gasteiger partial charge in [0.2, 0.25) is 3.79 Å². The van der Waals surface area contributed by atoms with E-state index in [2.05, 4.69) is 19.1 Å². The highest BCUT2D eigenvalue weighted by Gasteiger charge is 2.31. The van der Waals surface area contributed by atoms with E-state index in [-0.39, 0.29) is 11.1 Å². The molecule has 0 aliphatic rings. The van der Waals surface area contributed by atoms with Crippen molar-refractivity contribution in [1.29, 1.82) is 0 Å². The number of nitrogens with zero attached hydrogens (tertiary/aromatic N) is 1. The second-order valence-corrected chi connectivity index (χ2v) is 6.71. The highest BCUT2D eigenvalue weighted by molar-refractivity contribution is 6.66. The summed E-state index contributed by atoms with van der Waals surface area (Å²) in [5.74, 6) is 0. The Bertz CT molecular complexity index is 569. The summed E-state index contributed by atoms with van der Waals surface area (Å²) in [5.41, 5.74) is 1.06. The molecule has 0 saturated heterocycles. The van der Waals surface area contributed by atoms with Gasteiger partial charge in [0.1, 0.15) is 7.05 Å². The zero-order chi connectivity index (χ0) is 16.0. The SMILES string of the molecule is C[n+]1ccc(C(Cl)(Cl)Cl)c(C(F)F)c1.Cc1ccccc1. The topological polar surface area (TPSA) is 3.88 Å². The molecule has 0 atom stereocenters. The highest BCUT2D eigenvalue weighted by Crippen LogP contribution is 2.41. The first-order chi connectivity index (χ1) is 9.71. The largest absolute Gasteiger partial charge is 0.269 e. The van der Waals surface area contributed by atoms with Gasteiger partial charge in [0.05, 0.1) is 5.56 Å². The van der Waals surface area contributed by atoms with Crippen LogP contribution >= 0.6 is 34.8 Å². The first-order valence-electron chi connectivity index (χ1n) is 6.08. The van der Waals surface area contributed by atoms with Crippen LogP contribution in [0.15, 0.2) is 48.8 Å². The molecule has 1 heterocycles. The van der Waals surface area contributed by atoms with Crippen LogP contribution in [0.5, 0.6) is 0 Å².